The van der Waals surface area contributed by atoms with Crippen LogP contribution < -0.4 is 14.3 Å². The molecule has 0 unspecified atom stereocenters. The van der Waals surface area contributed by atoms with Gasteiger partial charge in [-0.15, -0.1) is 0 Å². The number of H-pyrrole nitrogens is 1. The van der Waals surface area contributed by atoms with Crippen LogP contribution in [0, 0.1) is 6.92 Å². The smallest absolute Gasteiger partial charge is 0.416 e. The second-order valence-corrected chi connectivity index (χ2v) is 11.9. The molecule has 0 saturated carbocycles. The maximum Gasteiger partial charge on any atom is 0.416 e. The van der Waals surface area contributed by atoms with Crippen molar-refractivity contribution in [3.63, 3.8) is 0 Å². The zero-order chi connectivity index (χ0) is 27.2. The van der Waals surface area contributed by atoms with Crippen molar-refractivity contribution in [3.8, 4) is 22.8 Å². The Kier molecular flexibility index (Phi) is 6.70. The molecule has 7 nitrogen and oxygen atoms in total. The number of halogens is 3. The molecule has 0 saturated heterocycles. The highest BCUT2D eigenvalue weighted by Crippen LogP contribution is 2.40. The Morgan fingerprint density at radius 2 is 1.78 bits per heavy atom. The van der Waals surface area contributed by atoms with E-state index in [9.17, 15) is 21.6 Å². The average Bonchev–Trinajstić information content (AvgIpc) is 3.33. The van der Waals surface area contributed by atoms with Crippen molar-refractivity contribution in [2.45, 2.75) is 38.6 Å². The molecular formula is C26H27F3N3O4S+. The number of aromatic nitrogens is 3. The van der Waals surface area contributed by atoms with E-state index in [0.29, 0.717) is 28.0 Å². The third-order valence-electron chi connectivity index (χ3n) is 6.44. The number of alkyl halides is 3. The number of rotatable bonds is 7. The van der Waals surface area contributed by atoms with Crippen LogP contribution in [-0.2, 0) is 20.8 Å². The Hall–Kier alpha value is -3.60. The molecule has 0 radical (unpaired) electrons. The summed E-state index contributed by atoms with van der Waals surface area (Å²) in [4.78, 5) is 13.0. The molecule has 0 aliphatic rings. The molecule has 11 heteroatoms. The zero-order valence-corrected chi connectivity index (χ0v) is 21.8. The van der Waals surface area contributed by atoms with Gasteiger partial charge >= 0.3 is 11.8 Å². The van der Waals surface area contributed by atoms with Gasteiger partial charge in [-0.1, -0.05) is 13.0 Å². The zero-order valence-electron chi connectivity index (χ0n) is 21.0. The Bertz CT molecular complexity index is 1580. The predicted molar refractivity (Wildman–Crippen MR) is 133 cm³/mol. The second-order valence-electron chi connectivity index (χ2n) is 9.03. The standard InChI is InChI=1S/C26H26F3N3O4S/c1-6-37(33,34)25(3,4)18-14-22(21-12-16(2)32(35-5)23-20(21)10-11-30-23)24(31-15-18)36-19-9-7-8-17(13-19)26(27,28)29/h7-15H,6H2,1-5H3/p+1. The first-order chi connectivity index (χ1) is 17.3. The molecule has 3 heterocycles. The van der Waals surface area contributed by atoms with Crippen LogP contribution in [0.4, 0.5) is 13.2 Å². The molecule has 0 amide bonds. The summed E-state index contributed by atoms with van der Waals surface area (Å²) in [7, 11) is -2.01. The third-order valence-corrected chi connectivity index (χ3v) is 9.00. The van der Waals surface area contributed by atoms with E-state index in [1.54, 1.807) is 37.8 Å². The molecular weight excluding hydrogens is 507 g/mol. The number of fused-ring (bicyclic) bond motifs is 1. The lowest BCUT2D eigenvalue weighted by Gasteiger charge is -2.25. The maximum atomic E-state index is 13.3. The van der Waals surface area contributed by atoms with Crippen molar-refractivity contribution >= 4 is 20.9 Å². The molecule has 0 atom stereocenters. The van der Waals surface area contributed by atoms with Gasteiger partial charge in [-0.2, -0.15) is 13.2 Å². The molecule has 0 fully saturated rings. The van der Waals surface area contributed by atoms with E-state index in [4.69, 9.17) is 9.57 Å². The summed E-state index contributed by atoms with van der Waals surface area (Å²) in [5.74, 6) is -0.0930. The van der Waals surface area contributed by atoms with E-state index in [-0.39, 0.29) is 17.4 Å². The van der Waals surface area contributed by atoms with Crippen LogP contribution in [-0.4, -0.2) is 31.2 Å². The SMILES string of the molecule is CCS(=O)(=O)C(C)(C)c1cnc(Oc2cccc(C(F)(F)F)c2)c(-c2cc(C)[n+](OC)c3[nH]ccc23)c1. The Morgan fingerprint density at radius 3 is 2.43 bits per heavy atom. The lowest BCUT2D eigenvalue weighted by atomic mass is 9.97. The average molecular weight is 535 g/mol. The van der Waals surface area contributed by atoms with Crippen molar-refractivity contribution in [1.29, 1.82) is 0 Å². The number of nitrogens with one attached hydrogen (secondary N) is 1. The van der Waals surface area contributed by atoms with Gasteiger partial charge in [0.1, 0.15) is 18.6 Å². The van der Waals surface area contributed by atoms with Crippen LogP contribution in [0.15, 0.2) is 54.9 Å². The van der Waals surface area contributed by atoms with E-state index in [1.165, 1.54) is 25.4 Å². The summed E-state index contributed by atoms with van der Waals surface area (Å²) in [6, 6.07) is 9.81. The van der Waals surface area contributed by atoms with Gasteiger partial charge in [0, 0.05) is 30.0 Å². The fraction of sp³-hybridized carbons (Fsp3) is 0.308. The third kappa shape index (κ3) is 4.75. The molecule has 0 spiro atoms. The van der Waals surface area contributed by atoms with Gasteiger partial charge in [-0.05, 0) is 60.5 Å². The molecule has 1 N–H and O–H groups in total. The van der Waals surface area contributed by atoms with Gasteiger partial charge in [0.15, 0.2) is 9.84 Å². The van der Waals surface area contributed by atoms with Gasteiger partial charge < -0.3 is 9.57 Å². The minimum atomic E-state index is -4.54. The highest BCUT2D eigenvalue weighted by molar-refractivity contribution is 7.92. The van der Waals surface area contributed by atoms with E-state index in [1.807, 2.05) is 19.1 Å². The van der Waals surface area contributed by atoms with E-state index in [0.717, 1.165) is 17.5 Å². The van der Waals surface area contributed by atoms with Crippen LogP contribution in [0.2, 0.25) is 0 Å². The first-order valence-electron chi connectivity index (χ1n) is 11.5. The fourth-order valence-corrected chi connectivity index (χ4v) is 5.36. The normalized spacial score (nSPS) is 12.6. The number of sulfone groups is 1. The second kappa shape index (κ2) is 9.37. The van der Waals surface area contributed by atoms with Gasteiger partial charge in [0.05, 0.1) is 21.9 Å². The van der Waals surface area contributed by atoms with Crippen molar-refractivity contribution in [2.24, 2.45) is 0 Å². The van der Waals surface area contributed by atoms with Gasteiger partial charge in [-0.3, -0.25) is 0 Å². The highest BCUT2D eigenvalue weighted by Gasteiger charge is 2.36. The van der Waals surface area contributed by atoms with Crippen molar-refractivity contribution < 1.29 is 35.9 Å². The molecule has 0 bridgehead atoms. The van der Waals surface area contributed by atoms with Crippen molar-refractivity contribution in [1.82, 2.24) is 9.97 Å². The number of nitrogens with zero attached hydrogens (tertiary/aromatic N) is 2. The van der Waals surface area contributed by atoms with Crippen LogP contribution >= 0.6 is 0 Å². The van der Waals surface area contributed by atoms with Gasteiger partial charge in [0.25, 0.3) is 0 Å². The predicted octanol–water partition coefficient (Wildman–Crippen LogP) is 5.37. The monoisotopic (exact) mass is 534 g/mol. The van der Waals surface area contributed by atoms with Gasteiger partial charge in [-0.25, -0.2) is 18.4 Å². The number of benzene rings is 1. The number of aryl methyl sites for hydroxylation is 1. The van der Waals surface area contributed by atoms with E-state index >= 15 is 0 Å². The number of hydrogen-bond donors (Lipinski definition) is 1. The summed E-state index contributed by atoms with van der Waals surface area (Å²) < 4.78 is 71.9. The van der Waals surface area contributed by atoms with Crippen LogP contribution in [0.1, 0.15) is 37.6 Å². The Balaban J connectivity index is 1.97. The lowest BCUT2D eigenvalue weighted by Crippen LogP contribution is -2.44. The highest BCUT2D eigenvalue weighted by atomic mass is 32.2. The number of ether oxygens (including phenoxy) is 1. The fourth-order valence-electron chi connectivity index (χ4n) is 4.17. The first-order valence-corrected chi connectivity index (χ1v) is 13.1. The largest absolute Gasteiger partial charge is 0.438 e. The van der Waals surface area contributed by atoms with E-state index in [2.05, 4.69) is 9.97 Å². The quantitative estimate of drug-likeness (QED) is 0.323. The van der Waals surface area contributed by atoms with Crippen molar-refractivity contribution in [3.05, 3.63) is 71.7 Å². The summed E-state index contributed by atoms with van der Waals surface area (Å²) >= 11 is 0. The molecule has 0 aliphatic carbocycles. The number of aromatic amines is 1. The molecule has 4 aromatic rings. The van der Waals surface area contributed by atoms with Crippen LogP contribution in [0.5, 0.6) is 11.6 Å². The molecule has 3 aromatic heterocycles. The maximum absolute atomic E-state index is 13.3. The van der Waals surface area contributed by atoms with Crippen molar-refractivity contribution in [2.75, 3.05) is 12.9 Å². The van der Waals surface area contributed by atoms with Crippen LogP contribution in [0.3, 0.4) is 0 Å². The Labute approximate surface area is 212 Å². The van der Waals surface area contributed by atoms with Gasteiger partial charge in [0.2, 0.25) is 5.88 Å². The molecule has 4 rings (SSSR count). The Morgan fingerprint density at radius 1 is 1.05 bits per heavy atom. The summed E-state index contributed by atoms with van der Waals surface area (Å²) in [6.45, 7) is 6.59. The molecule has 1 aromatic carbocycles. The minimum Gasteiger partial charge on any atom is -0.438 e. The molecule has 196 valence electrons. The number of hydrogen-bond acceptors (Lipinski definition) is 5. The summed E-state index contributed by atoms with van der Waals surface area (Å²) in [6.07, 6.45) is -1.43. The first kappa shape index (κ1) is 26.5. The summed E-state index contributed by atoms with van der Waals surface area (Å²) in [5.41, 5.74) is 1.97. The minimum absolute atomic E-state index is 0.0323. The topological polar surface area (TPSA) is 85.2 Å². The lowest BCUT2D eigenvalue weighted by molar-refractivity contribution is -0.870. The van der Waals surface area contributed by atoms with Crippen LogP contribution in [0.25, 0.3) is 22.2 Å². The summed E-state index contributed by atoms with van der Waals surface area (Å²) in [5, 5.41) is 0.719. The van der Waals surface area contributed by atoms with E-state index < -0.39 is 26.3 Å². The number of pyridine rings is 2. The molecule has 0 aliphatic heterocycles. The molecule has 37 heavy (non-hydrogen) atoms.